The summed E-state index contributed by atoms with van der Waals surface area (Å²) in [6.07, 6.45) is 5.31. The van der Waals surface area contributed by atoms with Crippen LogP contribution in [0.5, 0.6) is 5.75 Å². The van der Waals surface area contributed by atoms with Gasteiger partial charge in [-0.3, -0.25) is 9.58 Å². The number of alkyl halides is 2. The Bertz CT molecular complexity index is 944. The maximum atomic E-state index is 12.7. The maximum absolute atomic E-state index is 12.7. The molecule has 2 aromatic heterocycles. The third-order valence-electron chi connectivity index (χ3n) is 7.30. The predicted molar refractivity (Wildman–Crippen MR) is 119 cm³/mol. The van der Waals surface area contributed by atoms with Crippen molar-refractivity contribution < 1.29 is 13.5 Å². The third-order valence-corrected chi connectivity index (χ3v) is 7.30. The van der Waals surface area contributed by atoms with Gasteiger partial charge >= 0.3 is 6.61 Å². The van der Waals surface area contributed by atoms with Crippen molar-refractivity contribution in [1.29, 1.82) is 0 Å². The molecule has 174 valence electrons. The van der Waals surface area contributed by atoms with Crippen molar-refractivity contribution in [3.63, 3.8) is 0 Å². The topological polar surface area (TPSA) is 81.2 Å². The maximum Gasteiger partial charge on any atom is 0.387 e. The molecule has 0 bridgehead atoms. The van der Waals surface area contributed by atoms with Gasteiger partial charge in [0, 0.05) is 48.5 Å². The molecule has 32 heavy (non-hydrogen) atoms. The molecule has 4 atom stereocenters. The van der Waals surface area contributed by atoms with Crippen molar-refractivity contribution in [2.24, 2.45) is 11.8 Å². The lowest BCUT2D eigenvalue weighted by molar-refractivity contribution is -0.0494. The summed E-state index contributed by atoms with van der Waals surface area (Å²) in [5, 5.41) is 8.31. The van der Waals surface area contributed by atoms with E-state index in [0.717, 1.165) is 25.3 Å². The molecule has 3 heterocycles. The second kappa shape index (κ2) is 8.59. The predicted octanol–water partition coefficient (Wildman–Crippen LogP) is 3.50. The van der Waals surface area contributed by atoms with E-state index in [0.29, 0.717) is 29.4 Å². The average Bonchev–Trinajstić information content (AvgIpc) is 3.08. The normalized spacial score (nSPS) is 28.2. The number of halogens is 2. The molecule has 1 saturated heterocycles. The minimum absolute atomic E-state index is 0.0518. The van der Waals surface area contributed by atoms with Crippen molar-refractivity contribution in [2.45, 2.75) is 57.7 Å². The standard InChI is InChI=1S/C23H32F2N6O/c1-13(2)31-19(11-18(29-31)14-8-20(32-23(24)25)22(26)28-12-14)21-16-9-15(10-17(16)21)30-6-3-4-27-5-7-30/h8,11-13,15-17,21,23,27H,3-7,9-10H2,1-2H3,(H2,26,28)/t15?,16-,17+,21+. The van der Waals surface area contributed by atoms with Gasteiger partial charge in [0.2, 0.25) is 0 Å². The molecular weight excluding hydrogens is 414 g/mol. The van der Waals surface area contributed by atoms with Gasteiger partial charge in [0.15, 0.2) is 11.6 Å². The van der Waals surface area contributed by atoms with Crippen molar-refractivity contribution in [1.82, 2.24) is 25.0 Å². The van der Waals surface area contributed by atoms with E-state index < -0.39 is 6.61 Å². The number of nitrogen functional groups attached to an aromatic ring is 1. The number of hydrogen-bond acceptors (Lipinski definition) is 6. The summed E-state index contributed by atoms with van der Waals surface area (Å²) < 4.78 is 32.0. The number of rotatable bonds is 6. The van der Waals surface area contributed by atoms with Crippen LogP contribution in [0.15, 0.2) is 18.3 Å². The van der Waals surface area contributed by atoms with Crippen LogP contribution < -0.4 is 15.8 Å². The van der Waals surface area contributed by atoms with Crippen LogP contribution in [0.1, 0.15) is 50.8 Å². The summed E-state index contributed by atoms with van der Waals surface area (Å²) in [5.41, 5.74) is 8.30. The fraction of sp³-hybridized carbons (Fsp3) is 0.652. The van der Waals surface area contributed by atoms with Crippen LogP contribution in [0.4, 0.5) is 14.6 Å². The largest absolute Gasteiger partial charge is 0.431 e. The summed E-state index contributed by atoms with van der Waals surface area (Å²) in [5.74, 6) is 1.78. The molecule has 2 saturated carbocycles. The Balaban J connectivity index is 1.35. The highest BCUT2D eigenvalue weighted by Gasteiger charge is 2.58. The van der Waals surface area contributed by atoms with E-state index in [-0.39, 0.29) is 17.6 Å². The lowest BCUT2D eigenvalue weighted by atomic mass is 10.0. The smallest absolute Gasteiger partial charge is 0.387 e. The number of pyridine rings is 1. The van der Waals surface area contributed by atoms with Gasteiger partial charge in [-0.15, -0.1) is 0 Å². The zero-order valence-corrected chi connectivity index (χ0v) is 18.7. The Morgan fingerprint density at radius 3 is 2.66 bits per heavy atom. The van der Waals surface area contributed by atoms with Crippen LogP contribution in [0, 0.1) is 11.8 Å². The molecule has 2 aliphatic carbocycles. The van der Waals surface area contributed by atoms with E-state index in [1.807, 2.05) is 0 Å². The van der Waals surface area contributed by atoms with Crippen LogP contribution in [-0.2, 0) is 0 Å². The summed E-state index contributed by atoms with van der Waals surface area (Å²) in [7, 11) is 0. The van der Waals surface area contributed by atoms with Crippen LogP contribution in [0.2, 0.25) is 0 Å². The minimum atomic E-state index is -2.95. The van der Waals surface area contributed by atoms with Gasteiger partial charge in [0.05, 0.1) is 5.69 Å². The molecule has 9 heteroatoms. The van der Waals surface area contributed by atoms with Crippen molar-refractivity contribution in [3.05, 3.63) is 24.0 Å². The third kappa shape index (κ3) is 4.08. The van der Waals surface area contributed by atoms with Gasteiger partial charge in [-0.1, -0.05) is 0 Å². The Labute approximate surface area is 187 Å². The van der Waals surface area contributed by atoms with Crippen LogP contribution >= 0.6 is 0 Å². The van der Waals surface area contributed by atoms with E-state index in [4.69, 9.17) is 10.8 Å². The summed E-state index contributed by atoms with van der Waals surface area (Å²) in [6, 6.07) is 4.52. The molecule has 1 unspecified atom stereocenters. The molecule has 3 aliphatic rings. The first-order chi connectivity index (χ1) is 15.4. The Kier molecular flexibility index (Phi) is 5.79. The second-order valence-electron chi connectivity index (χ2n) is 9.60. The molecule has 0 amide bonds. The SMILES string of the molecule is CC(C)n1nc(-c2cnc(N)c(OC(F)F)c2)cc1[C@H]1[C@@H]2CC(N3CCCNCC3)C[C@@H]21. The van der Waals surface area contributed by atoms with E-state index in [2.05, 4.69) is 44.5 Å². The molecule has 2 aromatic rings. The van der Waals surface area contributed by atoms with Crippen LogP contribution in [0.3, 0.4) is 0 Å². The van der Waals surface area contributed by atoms with Crippen molar-refractivity contribution in [2.75, 3.05) is 31.9 Å². The average molecular weight is 447 g/mol. The zero-order chi connectivity index (χ0) is 22.4. The Morgan fingerprint density at radius 2 is 1.94 bits per heavy atom. The fourth-order valence-electron chi connectivity index (χ4n) is 5.78. The molecular formula is C23H32F2N6O. The zero-order valence-electron chi connectivity index (χ0n) is 18.7. The lowest BCUT2D eigenvalue weighted by Gasteiger charge is -2.29. The first-order valence-electron chi connectivity index (χ1n) is 11.7. The highest BCUT2D eigenvalue weighted by molar-refractivity contribution is 5.64. The van der Waals surface area contributed by atoms with Gasteiger partial charge < -0.3 is 15.8 Å². The summed E-state index contributed by atoms with van der Waals surface area (Å²) in [6.45, 7) is 5.86. The second-order valence-corrected chi connectivity index (χ2v) is 9.60. The number of anilines is 1. The fourth-order valence-corrected chi connectivity index (χ4v) is 5.78. The lowest BCUT2D eigenvalue weighted by Crippen LogP contribution is -2.37. The van der Waals surface area contributed by atoms with E-state index in [1.165, 1.54) is 37.6 Å². The number of hydrogen-bond donors (Lipinski definition) is 2. The molecule has 3 N–H and O–H groups in total. The van der Waals surface area contributed by atoms with Gasteiger partial charge in [-0.2, -0.15) is 13.9 Å². The van der Waals surface area contributed by atoms with Crippen molar-refractivity contribution in [3.8, 4) is 17.0 Å². The Morgan fingerprint density at radius 1 is 1.16 bits per heavy atom. The van der Waals surface area contributed by atoms with Gasteiger partial charge in [-0.25, -0.2) is 4.98 Å². The molecule has 1 aliphatic heterocycles. The van der Waals surface area contributed by atoms with Gasteiger partial charge in [0.25, 0.3) is 0 Å². The number of nitrogens with two attached hydrogens (primary N) is 1. The molecule has 5 rings (SSSR count). The number of ether oxygens (including phenoxy) is 1. The Hall–Kier alpha value is -2.26. The highest BCUT2D eigenvalue weighted by atomic mass is 19.3. The van der Waals surface area contributed by atoms with Crippen LogP contribution in [0.25, 0.3) is 11.3 Å². The highest BCUT2D eigenvalue weighted by Crippen LogP contribution is 2.64. The van der Waals surface area contributed by atoms with Gasteiger partial charge in [0.1, 0.15) is 0 Å². The van der Waals surface area contributed by atoms with E-state index >= 15 is 0 Å². The summed E-state index contributed by atoms with van der Waals surface area (Å²) in [4.78, 5) is 6.72. The number of nitrogens with zero attached hydrogens (tertiary/aromatic N) is 4. The summed E-state index contributed by atoms with van der Waals surface area (Å²) >= 11 is 0. The first kappa shape index (κ1) is 21.6. The van der Waals surface area contributed by atoms with Gasteiger partial charge in [-0.05, 0) is 70.2 Å². The van der Waals surface area contributed by atoms with E-state index in [9.17, 15) is 8.78 Å². The molecule has 0 spiro atoms. The van der Waals surface area contributed by atoms with Crippen LogP contribution in [-0.4, -0.2) is 58.5 Å². The molecule has 0 aromatic carbocycles. The molecule has 3 fully saturated rings. The number of aromatic nitrogens is 3. The van der Waals surface area contributed by atoms with Crippen molar-refractivity contribution >= 4 is 5.82 Å². The number of fused-ring (bicyclic) bond motifs is 1. The minimum Gasteiger partial charge on any atom is -0.431 e. The molecule has 0 radical (unpaired) electrons. The quantitative estimate of drug-likeness (QED) is 0.707. The number of nitrogens with one attached hydrogen (secondary N) is 1. The molecule has 7 nitrogen and oxygen atoms in total. The van der Waals surface area contributed by atoms with E-state index in [1.54, 1.807) is 6.20 Å². The first-order valence-corrected chi connectivity index (χ1v) is 11.7. The monoisotopic (exact) mass is 446 g/mol.